The van der Waals surface area contributed by atoms with E-state index in [9.17, 15) is 24.2 Å². The summed E-state index contributed by atoms with van der Waals surface area (Å²) in [6.45, 7) is 2.21. The lowest BCUT2D eigenvalue weighted by Gasteiger charge is -2.20. The van der Waals surface area contributed by atoms with Gasteiger partial charge in [-0.3, -0.25) is 18.6 Å². The van der Waals surface area contributed by atoms with Crippen LogP contribution in [-0.4, -0.2) is 65.7 Å². The zero-order chi connectivity index (χ0) is 41.9. The van der Waals surface area contributed by atoms with Crippen LogP contribution in [0.1, 0.15) is 181 Å². The van der Waals surface area contributed by atoms with Crippen molar-refractivity contribution in [3.05, 3.63) is 60.8 Å². The van der Waals surface area contributed by atoms with Crippen molar-refractivity contribution in [3.63, 3.8) is 0 Å². The van der Waals surface area contributed by atoms with Gasteiger partial charge in [-0.25, -0.2) is 4.57 Å². The molecule has 0 heterocycles. The molecule has 0 aliphatic rings. The molecule has 57 heavy (non-hydrogen) atoms. The van der Waals surface area contributed by atoms with Crippen molar-refractivity contribution in [3.8, 4) is 0 Å². The van der Waals surface area contributed by atoms with Gasteiger partial charge in [0.2, 0.25) is 0 Å². The van der Waals surface area contributed by atoms with Crippen LogP contribution in [0.15, 0.2) is 60.8 Å². The predicted octanol–water partition coefficient (Wildman–Crippen LogP) is 11.9. The molecule has 3 unspecified atom stereocenters. The standard InChI is InChI=1S/C46H81O10P/c1-3-5-7-9-11-13-15-17-18-19-20-21-22-23-24-26-27-29-31-33-35-37-45(49)53-41-44(42-55-57(51,52)54-40-43(48)39-47)56-46(50)38-36-34-32-30-28-25-16-14-12-10-8-6-4-2/h6,8,12,14-15,17,19-20,25,28,43-44,47-48H,3-5,7,9-11,13,16,18,21-24,26-27,29-42H2,1-2H3,(H,51,52)/b8-6-,14-12-,17-15-,20-19-,28-25-. The van der Waals surface area contributed by atoms with Crippen molar-refractivity contribution in [2.75, 3.05) is 26.4 Å². The maximum atomic E-state index is 12.6. The number of carbonyl (C=O) groups excluding carboxylic acids is 2. The third-order valence-corrected chi connectivity index (χ3v) is 10.1. The highest BCUT2D eigenvalue weighted by molar-refractivity contribution is 7.47. The molecule has 11 heteroatoms. The van der Waals surface area contributed by atoms with Crippen molar-refractivity contribution >= 4 is 19.8 Å². The van der Waals surface area contributed by atoms with Crippen LogP contribution in [0.25, 0.3) is 0 Å². The van der Waals surface area contributed by atoms with Gasteiger partial charge in [-0.1, -0.05) is 152 Å². The molecule has 0 aromatic rings. The van der Waals surface area contributed by atoms with E-state index in [0.717, 1.165) is 70.6 Å². The lowest BCUT2D eigenvalue weighted by Crippen LogP contribution is -2.29. The number of aliphatic hydroxyl groups is 2. The van der Waals surface area contributed by atoms with Crippen molar-refractivity contribution < 1.29 is 47.8 Å². The fourth-order valence-corrected chi connectivity index (χ4v) is 6.53. The Balaban J connectivity index is 4.26. The quantitative estimate of drug-likeness (QED) is 0.0235. The van der Waals surface area contributed by atoms with Gasteiger partial charge in [0.25, 0.3) is 0 Å². The van der Waals surface area contributed by atoms with Crippen molar-refractivity contribution in [1.29, 1.82) is 0 Å². The fourth-order valence-electron chi connectivity index (χ4n) is 5.74. The molecule has 3 N–H and O–H groups in total. The molecule has 0 spiro atoms. The number of rotatable bonds is 41. The van der Waals surface area contributed by atoms with Crippen LogP contribution in [0.4, 0.5) is 0 Å². The van der Waals surface area contributed by atoms with E-state index >= 15 is 0 Å². The molecule has 330 valence electrons. The second kappa shape index (κ2) is 41.8. The molecule has 0 aliphatic heterocycles. The first kappa shape index (κ1) is 54.7. The number of esters is 2. The topological polar surface area (TPSA) is 149 Å². The Kier molecular flexibility index (Phi) is 40.1. The highest BCUT2D eigenvalue weighted by Gasteiger charge is 2.27. The van der Waals surface area contributed by atoms with Gasteiger partial charge in [-0.2, -0.15) is 0 Å². The van der Waals surface area contributed by atoms with Gasteiger partial charge in [0.05, 0.1) is 19.8 Å². The van der Waals surface area contributed by atoms with Gasteiger partial charge in [-0.15, -0.1) is 0 Å². The Bertz CT molecular complexity index is 1130. The largest absolute Gasteiger partial charge is 0.472 e. The second-order valence-electron chi connectivity index (χ2n) is 14.7. The minimum Gasteiger partial charge on any atom is -0.462 e. The van der Waals surface area contributed by atoms with Crippen molar-refractivity contribution in [2.45, 2.75) is 193 Å². The number of phosphoric ester groups is 1. The van der Waals surface area contributed by atoms with Gasteiger partial charge in [0, 0.05) is 12.8 Å². The SMILES string of the molecule is CC/C=C\C/C=C\C/C=C\CCCCCC(=O)OC(COC(=O)CCCCCCCCCCC/C=C\C/C=C\CCCCCCC)COP(=O)(O)OCC(O)CO. The number of hydrogen-bond acceptors (Lipinski definition) is 9. The van der Waals surface area contributed by atoms with E-state index < -0.39 is 51.8 Å². The summed E-state index contributed by atoms with van der Waals surface area (Å²) in [6, 6.07) is 0. The molecule has 0 aromatic heterocycles. The zero-order valence-electron chi connectivity index (χ0n) is 35.8. The van der Waals surface area contributed by atoms with Gasteiger partial charge >= 0.3 is 19.8 Å². The van der Waals surface area contributed by atoms with Gasteiger partial charge in [-0.05, 0) is 77.0 Å². The molecule has 0 amide bonds. The van der Waals surface area contributed by atoms with Gasteiger partial charge in [0.15, 0.2) is 6.10 Å². The highest BCUT2D eigenvalue weighted by Crippen LogP contribution is 2.43. The van der Waals surface area contributed by atoms with Gasteiger partial charge in [0.1, 0.15) is 12.7 Å². The maximum Gasteiger partial charge on any atom is 0.472 e. The Morgan fingerprint density at radius 3 is 1.47 bits per heavy atom. The summed E-state index contributed by atoms with van der Waals surface area (Å²) in [7, 11) is -4.63. The first-order valence-electron chi connectivity index (χ1n) is 22.2. The van der Waals surface area contributed by atoms with Crippen LogP contribution in [0, 0.1) is 0 Å². The molecule has 0 saturated heterocycles. The van der Waals surface area contributed by atoms with Crippen LogP contribution in [-0.2, 0) is 32.7 Å². The smallest absolute Gasteiger partial charge is 0.462 e. The second-order valence-corrected chi connectivity index (χ2v) is 16.1. The molecule has 10 nitrogen and oxygen atoms in total. The van der Waals surface area contributed by atoms with Crippen LogP contribution in [0.5, 0.6) is 0 Å². The Hall–Kier alpha value is -2.33. The number of ether oxygens (including phenoxy) is 2. The van der Waals surface area contributed by atoms with Crippen LogP contribution in [0.2, 0.25) is 0 Å². The van der Waals surface area contributed by atoms with E-state index in [1.54, 1.807) is 0 Å². The lowest BCUT2D eigenvalue weighted by atomic mass is 10.1. The summed E-state index contributed by atoms with van der Waals surface area (Å²) in [5.41, 5.74) is 0. The number of phosphoric acid groups is 1. The monoisotopic (exact) mass is 825 g/mol. The number of hydrogen-bond donors (Lipinski definition) is 3. The normalized spacial score (nSPS) is 14.4. The third kappa shape index (κ3) is 41.6. The Labute approximate surface area is 346 Å². The molecular weight excluding hydrogens is 743 g/mol. The summed E-state index contributed by atoms with van der Waals surface area (Å²) >= 11 is 0. The zero-order valence-corrected chi connectivity index (χ0v) is 36.7. The first-order valence-corrected chi connectivity index (χ1v) is 23.7. The Morgan fingerprint density at radius 2 is 0.965 bits per heavy atom. The van der Waals surface area contributed by atoms with Gasteiger partial charge < -0.3 is 24.6 Å². The van der Waals surface area contributed by atoms with Crippen LogP contribution >= 0.6 is 7.82 Å². The molecule has 0 saturated carbocycles. The summed E-state index contributed by atoms with van der Waals surface area (Å²) in [5.74, 6) is -0.967. The molecule has 0 bridgehead atoms. The van der Waals surface area contributed by atoms with E-state index in [0.29, 0.717) is 12.8 Å². The van der Waals surface area contributed by atoms with Crippen molar-refractivity contribution in [1.82, 2.24) is 0 Å². The first-order chi connectivity index (χ1) is 27.7. The Morgan fingerprint density at radius 1 is 0.544 bits per heavy atom. The average Bonchev–Trinajstić information content (AvgIpc) is 3.20. The van der Waals surface area contributed by atoms with E-state index in [1.807, 2.05) is 0 Å². The van der Waals surface area contributed by atoms with Crippen LogP contribution < -0.4 is 0 Å². The number of unbranched alkanes of at least 4 members (excludes halogenated alkanes) is 17. The summed E-state index contributed by atoms with van der Waals surface area (Å²) in [5, 5.41) is 18.3. The molecule has 0 aliphatic carbocycles. The van der Waals surface area contributed by atoms with Crippen molar-refractivity contribution in [2.24, 2.45) is 0 Å². The molecular formula is C46H81O10P. The molecule has 0 rings (SSSR count). The van der Waals surface area contributed by atoms with E-state index in [4.69, 9.17) is 19.1 Å². The average molecular weight is 825 g/mol. The lowest BCUT2D eigenvalue weighted by molar-refractivity contribution is -0.161. The highest BCUT2D eigenvalue weighted by atomic mass is 31.2. The third-order valence-electron chi connectivity index (χ3n) is 9.16. The minimum absolute atomic E-state index is 0.146. The predicted molar refractivity (Wildman–Crippen MR) is 233 cm³/mol. The number of carbonyl (C=O) groups is 2. The molecule has 0 radical (unpaired) electrons. The summed E-state index contributed by atoms with van der Waals surface area (Å²) in [6.07, 6.45) is 46.2. The van der Waals surface area contributed by atoms with Crippen LogP contribution in [0.3, 0.4) is 0 Å². The fraction of sp³-hybridized carbons (Fsp3) is 0.739. The van der Waals surface area contributed by atoms with E-state index in [2.05, 4.69) is 79.1 Å². The van der Waals surface area contributed by atoms with E-state index in [-0.39, 0.29) is 19.4 Å². The summed E-state index contributed by atoms with van der Waals surface area (Å²) < 4.78 is 32.7. The van der Waals surface area contributed by atoms with E-state index in [1.165, 1.54) is 70.6 Å². The number of aliphatic hydroxyl groups excluding tert-OH is 2. The number of allylic oxidation sites excluding steroid dienone is 10. The molecule has 0 fully saturated rings. The minimum atomic E-state index is -4.63. The maximum absolute atomic E-state index is 12.6. The summed E-state index contributed by atoms with van der Waals surface area (Å²) in [4.78, 5) is 35.0. The molecule has 0 aromatic carbocycles. The molecule has 3 atom stereocenters.